The van der Waals surface area contributed by atoms with E-state index in [4.69, 9.17) is 4.74 Å². The van der Waals surface area contributed by atoms with Crippen molar-refractivity contribution in [2.24, 2.45) is 0 Å². The number of alkyl halides is 2. The van der Waals surface area contributed by atoms with Crippen LogP contribution in [0.2, 0.25) is 0 Å². The number of methoxy groups -OCH3 is 1. The number of rotatable bonds is 8. The fourth-order valence-electron chi connectivity index (χ4n) is 1.64. The molecule has 1 N–H and O–H groups in total. The molecule has 0 spiro atoms. The maximum Gasteiger partial charge on any atom is 0.387 e. The lowest BCUT2D eigenvalue weighted by atomic mass is 10.1. The van der Waals surface area contributed by atoms with Crippen molar-refractivity contribution in [1.82, 2.24) is 5.32 Å². The van der Waals surface area contributed by atoms with Gasteiger partial charge in [-0.1, -0.05) is 19.1 Å². The normalized spacial score (nSPS) is 12.7. The van der Waals surface area contributed by atoms with Crippen molar-refractivity contribution in [2.45, 2.75) is 26.0 Å². The number of ether oxygens (including phenoxy) is 2. The fourth-order valence-corrected chi connectivity index (χ4v) is 1.64. The molecule has 0 aliphatic rings. The Morgan fingerprint density at radius 1 is 1.22 bits per heavy atom. The van der Waals surface area contributed by atoms with Crippen LogP contribution in [0.25, 0.3) is 0 Å². The molecule has 1 rings (SSSR count). The van der Waals surface area contributed by atoms with Gasteiger partial charge >= 0.3 is 6.61 Å². The molecule has 1 atom stereocenters. The van der Waals surface area contributed by atoms with Gasteiger partial charge in [0.15, 0.2) is 0 Å². The second kappa shape index (κ2) is 8.00. The predicted octanol–water partition coefficient (Wildman–Crippen LogP) is 2.98. The lowest BCUT2D eigenvalue weighted by Gasteiger charge is -2.18. The molecule has 0 heterocycles. The molecule has 0 bridgehead atoms. The smallest absolute Gasteiger partial charge is 0.387 e. The minimum atomic E-state index is -2.79. The highest BCUT2D eigenvalue weighted by Crippen LogP contribution is 2.19. The maximum absolute atomic E-state index is 12.0. The van der Waals surface area contributed by atoms with Crippen molar-refractivity contribution >= 4 is 0 Å². The molecule has 0 saturated heterocycles. The van der Waals surface area contributed by atoms with Gasteiger partial charge in [0.2, 0.25) is 0 Å². The molecule has 1 unspecified atom stereocenters. The Labute approximate surface area is 106 Å². The molecule has 5 heteroatoms. The van der Waals surface area contributed by atoms with Gasteiger partial charge in [0, 0.05) is 7.11 Å². The summed E-state index contributed by atoms with van der Waals surface area (Å²) in [4.78, 5) is 0. The molecular weight excluding hydrogens is 240 g/mol. The van der Waals surface area contributed by atoms with E-state index in [1.165, 1.54) is 12.1 Å². The van der Waals surface area contributed by atoms with E-state index in [1.54, 1.807) is 19.2 Å². The second-order valence-corrected chi connectivity index (χ2v) is 3.91. The molecule has 0 amide bonds. The Kier molecular flexibility index (Phi) is 6.60. The number of hydrogen-bond donors (Lipinski definition) is 1. The summed E-state index contributed by atoms with van der Waals surface area (Å²) in [5, 5.41) is 3.33. The van der Waals surface area contributed by atoms with Gasteiger partial charge in [-0.15, -0.1) is 0 Å². The quantitative estimate of drug-likeness (QED) is 0.778. The van der Waals surface area contributed by atoms with Gasteiger partial charge in [-0.3, -0.25) is 0 Å². The van der Waals surface area contributed by atoms with E-state index in [0.29, 0.717) is 6.61 Å². The Morgan fingerprint density at radius 2 is 1.89 bits per heavy atom. The Bertz CT molecular complexity index is 330. The first-order valence-corrected chi connectivity index (χ1v) is 5.94. The third kappa shape index (κ3) is 4.98. The van der Waals surface area contributed by atoms with Crippen molar-refractivity contribution < 1.29 is 18.3 Å². The number of benzene rings is 1. The van der Waals surface area contributed by atoms with Crippen LogP contribution < -0.4 is 10.1 Å². The molecule has 0 radical (unpaired) electrons. The van der Waals surface area contributed by atoms with Gasteiger partial charge in [-0.2, -0.15) is 8.78 Å². The van der Waals surface area contributed by atoms with Crippen molar-refractivity contribution in [3.05, 3.63) is 29.8 Å². The Hall–Kier alpha value is -1.20. The lowest BCUT2D eigenvalue weighted by molar-refractivity contribution is -0.0498. The van der Waals surface area contributed by atoms with Crippen molar-refractivity contribution in [3.63, 3.8) is 0 Å². The highest BCUT2D eigenvalue weighted by Gasteiger charge is 2.11. The van der Waals surface area contributed by atoms with Crippen LogP contribution in [-0.4, -0.2) is 26.9 Å². The summed E-state index contributed by atoms with van der Waals surface area (Å²) in [6, 6.07) is 6.68. The van der Waals surface area contributed by atoms with Crippen LogP contribution in [0.1, 0.15) is 24.9 Å². The first-order valence-electron chi connectivity index (χ1n) is 5.94. The van der Waals surface area contributed by atoms with Crippen LogP contribution in [0.15, 0.2) is 24.3 Å². The topological polar surface area (TPSA) is 30.5 Å². The first kappa shape index (κ1) is 14.9. The molecular formula is C13H19F2NO2. The first-order chi connectivity index (χ1) is 8.67. The molecule has 0 aliphatic heterocycles. The van der Waals surface area contributed by atoms with Gasteiger partial charge < -0.3 is 14.8 Å². The van der Waals surface area contributed by atoms with Crippen LogP contribution in [0, 0.1) is 0 Å². The van der Waals surface area contributed by atoms with Crippen molar-refractivity contribution in [2.75, 3.05) is 20.3 Å². The molecule has 0 fully saturated rings. The summed E-state index contributed by atoms with van der Waals surface area (Å²) in [5.74, 6) is 0.167. The van der Waals surface area contributed by atoms with Gasteiger partial charge in [0.05, 0.1) is 12.6 Å². The Morgan fingerprint density at radius 3 is 2.39 bits per heavy atom. The molecule has 18 heavy (non-hydrogen) atoms. The van der Waals surface area contributed by atoms with Gasteiger partial charge in [0.25, 0.3) is 0 Å². The monoisotopic (exact) mass is 259 g/mol. The summed E-state index contributed by atoms with van der Waals surface area (Å²) in [7, 11) is 1.63. The largest absolute Gasteiger partial charge is 0.435 e. The predicted molar refractivity (Wildman–Crippen MR) is 66.0 cm³/mol. The number of hydrogen-bond acceptors (Lipinski definition) is 3. The zero-order valence-electron chi connectivity index (χ0n) is 10.7. The van der Waals surface area contributed by atoms with E-state index >= 15 is 0 Å². The summed E-state index contributed by atoms with van der Waals surface area (Å²) in [6.45, 7) is 0.707. The van der Waals surface area contributed by atoms with Crippen LogP contribution in [0.4, 0.5) is 8.78 Å². The minimum absolute atomic E-state index is 0.0653. The maximum atomic E-state index is 12.0. The standard InChI is InChI=1S/C13H19F2NO2/c1-3-8-16-12(9-17-2)10-4-6-11(7-5-10)18-13(14)15/h4-7,12-13,16H,3,8-9H2,1-2H3. The summed E-state index contributed by atoms with van der Waals surface area (Å²) in [6.07, 6.45) is 1.02. The molecule has 0 aromatic heterocycles. The van der Waals surface area contributed by atoms with Crippen LogP contribution in [0.3, 0.4) is 0 Å². The number of halogens is 2. The molecule has 0 aliphatic carbocycles. The average Bonchev–Trinajstić information content (AvgIpc) is 2.35. The zero-order valence-corrected chi connectivity index (χ0v) is 10.7. The van der Waals surface area contributed by atoms with Crippen molar-refractivity contribution in [1.29, 1.82) is 0 Å². The van der Waals surface area contributed by atoms with E-state index < -0.39 is 6.61 Å². The summed E-state index contributed by atoms with van der Waals surface area (Å²) >= 11 is 0. The van der Waals surface area contributed by atoms with E-state index in [2.05, 4.69) is 17.0 Å². The summed E-state index contributed by atoms with van der Waals surface area (Å²) < 4.78 is 33.5. The van der Waals surface area contributed by atoms with Crippen LogP contribution in [-0.2, 0) is 4.74 Å². The molecule has 3 nitrogen and oxygen atoms in total. The number of nitrogens with one attached hydrogen (secondary N) is 1. The lowest BCUT2D eigenvalue weighted by Crippen LogP contribution is -2.25. The van der Waals surface area contributed by atoms with Crippen LogP contribution >= 0.6 is 0 Å². The van der Waals surface area contributed by atoms with Gasteiger partial charge in [-0.05, 0) is 30.7 Å². The van der Waals surface area contributed by atoms with E-state index in [9.17, 15) is 8.78 Å². The highest BCUT2D eigenvalue weighted by atomic mass is 19.3. The van der Waals surface area contributed by atoms with E-state index in [1.807, 2.05) is 0 Å². The van der Waals surface area contributed by atoms with Crippen LogP contribution in [0.5, 0.6) is 5.75 Å². The van der Waals surface area contributed by atoms with Crippen molar-refractivity contribution in [3.8, 4) is 5.75 Å². The Balaban J connectivity index is 2.67. The van der Waals surface area contributed by atoms with Gasteiger partial charge in [0.1, 0.15) is 5.75 Å². The molecule has 1 aromatic rings. The van der Waals surface area contributed by atoms with Gasteiger partial charge in [-0.25, -0.2) is 0 Å². The summed E-state index contributed by atoms with van der Waals surface area (Å²) in [5.41, 5.74) is 0.993. The zero-order chi connectivity index (χ0) is 13.4. The fraction of sp³-hybridized carbons (Fsp3) is 0.538. The van der Waals surface area contributed by atoms with E-state index in [-0.39, 0.29) is 11.8 Å². The second-order valence-electron chi connectivity index (χ2n) is 3.91. The average molecular weight is 259 g/mol. The van der Waals surface area contributed by atoms with E-state index in [0.717, 1.165) is 18.5 Å². The minimum Gasteiger partial charge on any atom is -0.435 e. The SMILES string of the molecule is CCCNC(COC)c1ccc(OC(F)F)cc1. The third-order valence-electron chi connectivity index (χ3n) is 2.48. The molecule has 1 aromatic carbocycles. The third-order valence-corrected chi connectivity index (χ3v) is 2.48. The molecule has 0 saturated carbocycles. The highest BCUT2D eigenvalue weighted by molar-refractivity contribution is 5.29. The molecule has 102 valence electrons.